The molecule has 1 saturated carbocycles. The smallest absolute Gasteiger partial charge is 0.421 e. The summed E-state index contributed by atoms with van der Waals surface area (Å²) in [4.78, 5) is 39.9. The molecule has 33 heavy (non-hydrogen) atoms. The molecule has 1 spiro atoms. The van der Waals surface area contributed by atoms with E-state index in [9.17, 15) is 14.4 Å². The van der Waals surface area contributed by atoms with E-state index in [0.717, 1.165) is 25.8 Å². The van der Waals surface area contributed by atoms with Gasteiger partial charge in [-0.1, -0.05) is 6.42 Å². The van der Waals surface area contributed by atoms with Crippen molar-refractivity contribution >= 4 is 30.5 Å². The van der Waals surface area contributed by atoms with E-state index in [1.165, 1.54) is 0 Å². The highest BCUT2D eigenvalue weighted by Gasteiger charge is 2.65. The molecule has 3 heterocycles. The predicted octanol–water partition coefficient (Wildman–Crippen LogP) is 1.67. The minimum Gasteiger partial charge on any atom is -0.494 e. The van der Waals surface area contributed by atoms with Gasteiger partial charge >= 0.3 is 17.8 Å². The van der Waals surface area contributed by atoms with Crippen molar-refractivity contribution in [1.29, 1.82) is 0 Å². The molecule has 0 aromatic heterocycles. The van der Waals surface area contributed by atoms with E-state index in [2.05, 4.69) is 12.6 Å². The summed E-state index contributed by atoms with van der Waals surface area (Å²) in [5.74, 6) is -1.99. The van der Waals surface area contributed by atoms with Gasteiger partial charge in [-0.15, -0.1) is 12.6 Å². The highest BCUT2D eigenvalue weighted by Crippen LogP contribution is 2.51. The number of hydrogen-bond acceptors (Lipinski definition) is 9. The second-order valence-electron chi connectivity index (χ2n) is 8.96. The molecule has 3 atom stereocenters. The third-order valence-electron chi connectivity index (χ3n) is 6.95. The molecule has 9 nitrogen and oxygen atoms in total. The monoisotopic (exact) mass is 476 g/mol. The molecule has 1 amide bonds. The van der Waals surface area contributed by atoms with Crippen LogP contribution in [0, 0.1) is 11.8 Å². The van der Waals surface area contributed by atoms with Crippen LogP contribution in [0.5, 0.6) is 5.75 Å². The fraction of sp³-hybridized carbons (Fsp3) is 0.609. The molecule has 0 radical (unpaired) electrons. The Morgan fingerprint density at radius 1 is 1.12 bits per heavy atom. The summed E-state index contributed by atoms with van der Waals surface area (Å²) in [6, 6.07) is 7.09. The van der Waals surface area contributed by atoms with Crippen LogP contribution in [0.4, 0.5) is 0 Å². The van der Waals surface area contributed by atoms with Gasteiger partial charge in [0.25, 0.3) is 5.91 Å². The SMILES string of the molecule is O=C1OC2(OC1=O)C1CCCC1CN2CCCOc1ccc(C(=O)N2CCOC(S)C2)cc1. The third kappa shape index (κ3) is 4.31. The number of ether oxygens (including phenoxy) is 4. The third-order valence-corrected chi connectivity index (χ3v) is 7.26. The Kier molecular flexibility index (Phi) is 6.24. The molecule has 10 heteroatoms. The Morgan fingerprint density at radius 2 is 1.88 bits per heavy atom. The van der Waals surface area contributed by atoms with Gasteiger partial charge in [0.05, 0.1) is 25.7 Å². The number of rotatable bonds is 6. The van der Waals surface area contributed by atoms with E-state index in [-0.39, 0.29) is 17.3 Å². The highest BCUT2D eigenvalue weighted by molar-refractivity contribution is 7.80. The van der Waals surface area contributed by atoms with Gasteiger partial charge in [-0.2, -0.15) is 0 Å². The second kappa shape index (κ2) is 9.15. The van der Waals surface area contributed by atoms with Gasteiger partial charge < -0.3 is 23.8 Å². The molecule has 0 bridgehead atoms. The minimum absolute atomic E-state index is 0.0446. The van der Waals surface area contributed by atoms with Crippen LogP contribution >= 0.6 is 12.6 Å². The number of amides is 1. The van der Waals surface area contributed by atoms with Gasteiger partial charge in [0, 0.05) is 25.2 Å². The zero-order valence-electron chi connectivity index (χ0n) is 18.3. The first-order valence-electron chi connectivity index (χ1n) is 11.5. The molecular weight excluding hydrogens is 448 g/mol. The zero-order valence-corrected chi connectivity index (χ0v) is 19.2. The first-order chi connectivity index (χ1) is 16.0. The van der Waals surface area contributed by atoms with Gasteiger partial charge in [-0.3, -0.25) is 4.79 Å². The van der Waals surface area contributed by atoms with Crippen molar-refractivity contribution in [2.75, 3.05) is 39.4 Å². The number of carbonyl (C=O) groups excluding carboxylic acids is 3. The topological polar surface area (TPSA) is 94.6 Å². The molecule has 5 rings (SSSR count). The van der Waals surface area contributed by atoms with Gasteiger partial charge in [-0.25, -0.2) is 14.5 Å². The summed E-state index contributed by atoms with van der Waals surface area (Å²) in [6.07, 6.45) is 3.68. The van der Waals surface area contributed by atoms with E-state index in [4.69, 9.17) is 18.9 Å². The van der Waals surface area contributed by atoms with Gasteiger partial charge in [0.2, 0.25) is 0 Å². The molecule has 1 aromatic rings. The standard InChI is InChI=1S/C23H28N2O7S/c26-20(24-10-12-30-19(33)14-24)15-5-7-17(8-6-15)29-11-2-9-25-13-16-3-1-4-18(16)23(25)31-21(27)22(28)32-23/h5-8,16,18-19,33H,1-4,9-14H2. The van der Waals surface area contributed by atoms with Crippen LogP contribution < -0.4 is 4.74 Å². The fourth-order valence-corrected chi connectivity index (χ4v) is 5.72. The predicted molar refractivity (Wildman–Crippen MR) is 119 cm³/mol. The molecule has 0 N–H and O–H groups in total. The van der Waals surface area contributed by atoms with Crippen molar-refractivity contribution in [2.24, 2.45) is 11.8 Å². The number of thiol groups is 1. The average Bonchev–Trinajstić information content (AvgIpc) is 3.47. The van der Waals surface area contributed by atoms with Crippen LogP contribution in [0.2, 0.25) is 0 Å². The lowest BCUT2D eigenvalue weighted by Crippen LogP contribution is -2.50. The minimum atomic E-state index is -1.23. The number of nitrogens with zero attached hydrogens (tertiary/aromatic N) is 2. The normalized spacial score (nSPS) is 28.6. The molecule has 4 fully saturated rings. The van der Waals surface area contributed by atoms with Crippen LogP contribution in [0.1, 0.15) is 36.0 Å². The molecule has 3 unspecified atom stereocenters. The molecular formula is C23H28N2O7S. The Balaban J connectivity index is 1.13. The van der Waals surface area contributed by atoms with Gasteiger partial charge in [-0.05, 0) is 49.4 Å². The van der Waals surface area contributed by atoms with Gasteiger partial charge in [0.1, 0.15) is 11.2 Å². The Morgan fingerprint density at radius 3 is 2.61 bits per heavy atom. The lowest BCUT2D eigenvalue weighted by molar-refractivity contribution is -0.256. The van der Waals surface area contributed by atoms with Crippen molar-refractivity contribution in [3.05, 3.63) is 29.8 Å². The van der Waals surface area contributed by atoms with Crippen LogP contribution in [0.15, 0.2) is 24.3 Å². The summed E-state index contributed by atoms with van der Waals surface area (Å²) in [7, 11) is 0. The molecule has 1 aliphatic carbocycles. The van der Waals surface area contributed by atoms with Crippen LogP contribution in [0.3, 0.4) is 0 Å². The quantitative estimate of drug-likeness (QED) is 0.287. The molecule has 3 saturated heterocycles. The number of morpholine rings is 1. The molecule has 4 aliphatic rings. The van der Waals surface area contributed by atoms with E-state index in [1.54, 1.807) is 29.2 Å². The van der Waals surface area contributed by atoms with Gasteiger partial charge in [0.15, 0.2) is 0 Å². The van der Waals surface area contributed by atoms with Crippen LogP contribution in [-0.2, 0) is 23.8 Å². The maximum Gasteiger partial charge on any atom is 0.421 e. The number of hydrogen-bond donors (Lipinski definition) is 1. The van der Waals surface area contributed by atoms with E-state index in [0.29, 0.717) is 56.5 Å². The van der Waals surface area contributed by atoms with Crippen molar-refractivity contribution in [1.82, 2.24) is 9.80 Å². The Bertz CT molecular complexity index is 908. The molecule has 178 valence electrons. The summed E-state index contributed by atoms with van der Waals surface area (Å²) in [5, 5.41) is 0. The Labute approximate surface area is 197 Å². The second-order valence-corrected chi connectivity index (χ2v) is 9.53. The Hall–Kier alpha value is -2.30. The summed E-state index contributed by atoms with van der Waals surface area (Å²) < 4.78 is 22.2. The van der Waals surface area contributed by atoms with E-state index < -0.39 is 17.8 Å². The van der Waals surface area contributed by atoms with E-state index in [1.807, 2.05) is 4.90 Å². The number of carbonyl (C=O) groups is 3. The lowest BCUT2D eigenvalue weighted by atomic mass is 9.97. The maximum atomic E-state index is 12.6. The van der Waals surface area contributed by atoms with Crippen LogP contribution in [-0.4, -0.2) is 78.4 Å². The first-order valence-corrected chi connectivity index (χ1v) is 12.0. The van der Waals surface area contributed by atoms with Crippen molar-refractivity contribution < 1.29 is 33.3 Å². The highest BCUT2D eigenvalue weighted by atomic mass is 32.1. The number of benzene rings is 1. The molecule has 3 aliphatic heterocycles. The summed E-state index contributed by atoms with van der Waals surface area (Å²) in [5.41, 5.74) is 0.344. The zero-order chi connectivity index (χ0) is 23.0. The van der Waals surface area contributed by atoms with E-state index >= 15 is 0 Å². The van der Waals surface area contributed by atoms with Crippen molar-refractivity contribution in [3.8, 4) is 5.75 Å². The lowest BCUT2D eigenvalue weighted by Gasteiger charge is -2.34. The van der Waals surface area contributed by atoms with Crippen molar-refractivity contribution in [3.63, 3.8) is 0 Å². The first kappa shape index (κ1) is 22.5. The van der Waals surface area contributed by atoms with Crippen LogP contribution in [0.25, 0.3) is 0 Å². The maximum absolute atomic E-state index is 12.6. The fourth-order valence-electron chi connectivity index (χ4n) is 5.42. The molecule has 1 aromatic carbocycles. The number of fused-ring (bicyclic) bond motifs is 2. The average molecular weight is 477 g/mol. The number of likely N-dealkylation sites (tertiary alicyclic amines) is 1. The van der Waals surface area contributed by atoms with Crippen molar-refractivity contribution in [2.45, 2.75) is 37.0 Å². The number of esters is 2. The summed E-state index contributed by atoms with van der Waals surface area (Å²) in [6.45, 7) is 3.28. The largest absolute Gasteiger partial charge is 0.494 e. The summed E-state index contributed by atoms with van der Waals surface area (Å²) >= 11 is 4.29.